The first-order valence-electron chi connectivity index (χ1n) is 6.69. The molecule has 2 rings (SSSR count). The van der Waals surface area contributed by atoms with Crippen LogP contribution < -0.4 is 0 Å². The number of hydrogen-bond acceptors (Lipinski definition) is 5. The standard InChI is InChI=1S/C13H19N3O4/c1-4-19-8-11(17)15-6-5-7-16(15)13(18)12-9(2)14-20-10(12)3/h4-8H2,1-3H3. The summed E-state index contributed by atoms with van der Waals surface area (Å²) in [4.78, 5) is 24.6. The van der Waals surface area contributed by atoms with Crippen molar-refractivity contribution < 1.29 is 18.8 Å². The van der Waals surface area contributed by atoms with Gasteiger partial charge in [0.2, 0.25) is 0 Å². The maximum atomic E-state index is 12.5. The van der Waals surface area contributed by atoms with Gasteiger partial charge in [-0.1, -0.05) is 5.16 Å². The third kappa shape index (κ3) is 2.67. The van der Waals surface area contributed by atoms with Gasteiger partial charge >= 0.3 is 0 Å². The van der Waals surface area contributed by atoms with Gasteiger partial charge in [-0.05, 0) is 27.2 Å². The van der Waals surface area contributed by atoms with Crippen molar-refractivity contribution in [2.45, 2.75) is 27.2 Å². The molecule has 7 heteroatoms. The van der Waals surface area contributed by atoms with Crippen LogP contribution in [-0.4, -0.2) is 53.3 Å². The second kappa shape index (κ2) is 6.04. The molecule has 0 N–H and O–H groups in total. The maximum absolute atomic E-state index is 12.5. The largest absolute Gasteiger partial charge is 0.372 e. The maximum Gasteiger partial charge on any atom is 0.277 e. The molecular formula is C13H19N3O4. The van der Waals surface area contributed by atoms with Crippen molar-refractivity contribution in [3.63, 3.8) is 0 Å². The minimum atomic E-state index is -0.247. The van der Waals surface area contributed by atoms with Crippen molar-refractivity contribution in [2.75, 3.05) is 26.3 Å². The van der Waals surface area contributed by atoms with Crippen molar-refractivity contribution in [3.8, 4) is 0 Å². The van der Waals surface area contributed by atoms with Crippen LogP contribution in [0.4, 0.5) is 0 Å². The number of carbonyl (C=O) groups is 2. The van der Waals surface area contributed by atoms with Gasteiger partial charge in [-0.25, -0.2) is 10.0 Å². The molecule has 0 saturated carbocycles. The van der Waals surface area contributed by atoms with Crippen LogP contribution in [0.5, 0.6) is 0 Å². The number of aryl methyl sites for hydroxylation is 2. The predicted molar refractivity (Wildman–Crippen MR) is 69.8 cm³/mol. The van der Waals surface area contributed by atoms with E-state index in [0.29, 0.717) is 36.7 Å². The number of aromatic nitrogens is 1. The highest BCUT2D eigenvalue weighted by Crippen LogP contribution is 2.20. The highest BCUT2D eigenvalue weighted by molar-refractivity contribution is 5.97. The molecule has 1 saturated heterocycles. The Morgan fingerprint density at radius 1 is 1.30 bits per heavy atom. The molecule has 0 aromatic carbocycles. The van der Waals surface area contributed by atoms with Gasteiger partial charge in [0.05, 0.1) is 5.69 Å². The molecule has 1 aromatic rings. The Morgan fingerprint density at radius 3 is 2.60 bits per heavy atom. The quantitative estimate of drug-likeness (QED) is 0.820. The lowest BCUT2D eigenvalue weighted by molar-refractivity contribution is -0.145. The van der Waals surface area contributed by atoms with Gasteiger partial charge in [-0.3, -0.25) is 9.59 Å². The molecule has 110 valence electrons. The van der Waals surface area contributed by atoms with Gasteiger partial charge < -0.3 is 9.26 Å². The molecule has 2 amide bonds. The Balaban J connectivity index is 2.15. The summed E-state index contributed by atoms with van der Waals surface area (Å²) in [6.45, 7) is 6.73. The zero-order chi connectivity index (χ0) is 14.7. The number of rotatable bonds is 4. The van der Waals surface area contributed by atoms with Crippen LogP contribution in [0.1, 0.15) is 35.2 Å². The smallest absolute Gasteiger partial charge is 0.277 e. The van der Waals surface area contributed by atoms with Crippen LogP contribution in [0.2, 0.25) is 0 Å². The Kier molecular flexibility index (Phi) is 4.39. The molecule has 20 heavy (non-hydrogen) atoms. The summed E-state index contributed by atoms with van der Waals surface area (Å²) in [6.07, 6.45) is 0.757. The number of amides is 2. The van der Waals surface area contributed by atoms with Crippen LogP contribution in [-0.2, 0) is 9.53 Å². The Hall–Kier alpha value is -1.89. The summed E-state index contributed by atoms with van der Waals surface area (Å²) >= 11 is 0. The zero-order valence-corrected chi connectivity index (χ0v) is 12.0. The van der Waals surface area contributed by atoms with Crippen molar-refractivity contribution in [2.24, 2.45) is 0 Å². The first-order valence-corrected chi connectivity index (χ1v) is 6.69. The molecule has 1 aromatic heterocycles. The summed E-state index contributed by atoms with van der Waals surface area (Å²) in [6, 6.07) is 0. The SMILES string of the molecule is CCOCC(=O)N1CCCN1C(=O)c1c(C)noc1C. The molecule has 0 aliphatic carbocycles. The van der Waals surface area contributed by atoms with Gasteiger partial charge in [0, 0.05) is 19.7 Å². The fourth-order valence-electron chi connectivity index (χ4n) is 2.26. The second-order valence-corrected chi connectivity index (χ2v) is 4.64. The number of hydrogen-bond donors (Lipinski definition) is 0. The van der Waals surface area contributed by atoms with E-state index in [4.69, 9.17) is 9.26 Å². The highest BCUT2D eigenvalue weighted by Gasteiger charge is 2.33. The van der Waals surface area contributed by atoms with E-state index in [-0.39, 0.29) is 18.4 Å². The molecule has 0 atom stereocenters. The van der Waals surface area contributed by atoms with E-state index in [0.717, 1.165) is 6.42 Å². The van der Waals surface area contributed by atoms with Crippen LogP contribution >= 0.6 is 0 Å². The topological polar surface area (TPSA) is 75.9 Å². The third-order valence-electron chi connectivity index (χ3n) is 3.23. The molecule has 0 bridgehead atoms. The van der Waals surface area contributed by atoms with E-state index in [1.165, 1.54) is 10.0 Å². The van der Waals surface area contributed by atoms with E-state index in [1.807, 2.05) is 6.92 Å². The van der Waals surface area contributed by atoms with Crippen molar-refractivity contribution in [1.82, 2.24) is 15.2 Å². The average molecular weight is 281 g/mol. The van der Waals surface area contributed by atoms with Crippen molar-refractivity contribution >= 4 is 11.8 Å². The van der Waals surface area contributed by atoms with Gasteiger partial charge in [0.1, 0.15) is 17.9 Å². The number of hydrazine groups is 1. The molecule has 0 unspecified atom stereocenters. The number of nitrogens with zero attached hydrogens (tertiary/aromatic N) is 3. The van der Waals surface area contributed by atoms with E-state index >= 15 is 0 Å². The molecule has 0 spiro atoms. The summed E-state index contributed by atoms with van der Waals surface area (Å²) in [7, 11) is 0. The Labute approximate surface area is 117 Å². The van der Waals surface area contributed by atoms with E-state index < -0.39 is 0 Å². The fraction of sp³-hybridized carbons (Fsp3) is 0.615. The van der Waals surface area contributed by atoms with Gasteiger partial charge in [-0.2, -0.15) is 0 Å². The third-order valence-corrected chi connectivity index (χ3v) is 3.23. The Morgan fingerprint density at radius 2 is 2.00 bits per heavy atom. The molecule has 1 aliphatic rings. The van der Waals surface area contributed by atoms with Gasteiger partial charge in [-0.15, -0.1) is 0 Å². The van der Waals surface area contributed by atoms with Crippen LogP contribution in [0.15, 0.2) is 4.52 Å². The molecule has 7 nitrogen and oxygen atoms in total. The van der Waals surface area contributed by atoms with Crippen molar-refractivity contribution in [1.29, 1.82) is 0 Å². The summed E-state index contributed by atoms with van der Waals surface area (Å²) in [5.41, 5.74) is 0.970. The number of carbonyl (C=O) groups excluding carboxylic acids is 2. The second-order valence-electron chi connectivity index (χ2n) is 4.64. The summed E-state index contributed by atoms with van der Waals surface area (Å²) in [5.74, 6) is 0.0182. The Bertz CT molecular complexity index is 492. The zero-order valence-electron chi connectivity index (χ0n) is 12.0. The lowest BCUT2D eigenvalue weighted by atomic mass is 10.2. The molecule has 2 heterocycles. The fourth-order valence-corrected chi connectivity index (χ4v) is 2.26. The van der Waals surface area contributed by atoms with E-state index in [1.54, 1.807) is 13.8 Å². The molecular weight excluding hydrogens is 262 g/mol. The monoisotopic (exact) mass is 281 g/mol. The normalized spacial score (nSPS) is 14.9. The lowest BCUT2D eigenvalue weighted by Gasteiger charge is -2.27. The molecule has 1 aliphatic heterocycles. The van der Waals surface area contributed by atoms with E-state index in [2.05, 4.69) is 5.16 Å². The van der Waals surface area contributed by atoms with Crippen LogP contribution in [0.3, 0.4) is 0 Å². The number of ether oxygens (including phenoxy) is 1. The van der Waals surface area contributed by atoms with Crippen LogP contribution in [0.25, 0.3) is 0 Å². The summed E-state index contributed by atoms with van der Waals surface area (Å²) in [5, 5.41) is 6.68. The first kappa shape index (κ1) is 14.5. The minimum absolute atomic E-state index is 0.0120. The van der Waals surface area contributed by atoms with Gasteiger partial charge in [0.15, 0.2) is 0 Å². The van der Waals surface area contributed by atoms with E-state index in [9.17, 15) is 9.59 Å². The summed E-state index contributed by atoms with van der Waals surface area (Å²) < 4.78 is 10.1. The predicted octanol–water partition coefficient (Wildman–Crippen LogP) is 0.917. The van der Waals surface area contributed by atoms with Crippen LogP contribution in [0, 0.1) is 13.8 Å². The average Bonchev–Trinajstić information content (AvgIpc) is 3.03. The highest BCUT2D eigenvalue weighted by atomic mass is 16.5. The molecule has 1 fully saturated rings. The van der Waals surface area contributed by atoms with Gasteiger partial charge in [0.25, 0.3) is 11.8 Å². The molecule has 0 radical (unpaired) electrons. The lowest BCUT2D eigenvalue weighted by Crippen LogP contribution is -2.46. The van der Waals surface area contributed by atoms with Crippen molar-refractivity contribution in [3.05, 3.63) is 17.0 Å². The first-order chi connectivity index (χ1) is 9.56. The minimum Gasteiger partial charge on any atom is -0.372 e.